The normalized spacial score (nSPS) is 10.4. The summed E-state index contributed by atoms with van der Waals surface area (Å²) in [5, 5.41) is 3.00. The molecule has 1 aromatic carbocycles. The van der Waals surface area contributed by atoms with Crippen LogP contribution in [0.25, 0.3) is 0 Å². The van der Waals surface area contributed by atoms with Gasteiger partial charge in [-0.3, -0.25) is 0 Å². The fourth-order valence-corrected chi connectivity index (χ4v) is 1.63. The van der Waals surface area contributed by atoms with Crippen LogP contribution in [0.15, 0.2) is 18.2 Å². The van der Waals surface area contributed by atoms with Gasteiger partial charge in [0.05, 0.1) is 0 Å². The van der Waals surface area contributed by atoms with E-state index < -0.39 is 5.82 Å². The molecule has 0 aliphatic carbocycles. The molecule has 0 aliphatic heterocycles. The second kappa shape index (κ2) is 6.47. The van der Waals surface area contributed by atoms with Gasteiger partial charge < -0.3 is 10.1 Å². The van der Waals surface area contributed by atoms with Crippen molar-refractivity contribution in [2.75, 3.05) is 11.9 Å². The quantitative estimate of drug-likeness (QED) is 0.913. The number of nitrogens with one attached hydrogen (secondary N) is 1. The van der Waals surface area contributed by atoms with E-state index in [1.165, 1.54) is 12.1 Å². The molecule has 0 bridgehead atoms. The highest BCUT2D eigenvalue weighted by Gasteiger charge is 2.09. The molecule has 5 nitrogen and oxygen atoms in total. The lowest BCUT2D eigenvalue weighted by Gasteiger charge is -2.08. The third-order valence-electron chi connectivity index (χ3n) is 2.47. The van der Waals surface area contributed by atoms with Crippen LogP contribution in [0.5, 0.6) is 11.8 Å². The maximum absolute atomic E-state index is 13.2. The van der Waals surface area contributed by atoms with Gasteiger partial charge in [-0.25, -0.2) is 4.39 Å². The summed E-state index contributed by atoms with van der Waals surface area (Å²) in [5.41, 5.74) is 0.769. The van der Waals surface area contributed by atoms with E-state index in [1.807, 2.05) is 6.92 Å². The smallest absolute Gasteiger partial charge is 0.328 e. The molecule has 2 aromatic rings. The highest BCUT2D eigenvalue weighted by atomic mass is 35.5. The molecule has 7 heteroatoms. The van der Waals surface area contributed by atoms with Crippen molar-refractivity contribution in [2.45, 2.75) is 20.3 Å². The Bertz CT molecular complexity index is 609. The van der Waals surface area contributed by atoms with Gasteiger partial charge in [-0.1, -0.05) is 13.0 Å². The van der Waals surface area contributed by atoms with Crippen molar-refractivity contribution >= 4 is 17.5 Å². The molecule has 1 aromatic heterocycles. The predicted molar refractivity (Wildman–Crippen MR) is 74.8 cm³/mol. The van der Waals surface area contributed by atoms with Gasteiger partial charge in [0.15, 0.2) is 0 Å². The van der Waals surface area contributed by atoms with Crippen molar-refractivity contribution in [2.24, 2.45) is 0 Å². The molecule has 1 N–H and O–H groups in total. The fraction of sp³-hybridized carbons (Fsp3) is 0.308. The van der Waals surface area contributed by atoms with Gasteiger partial charge in [0.25, 0.3) is 0 Å². The van der Waals surface area contributed by atoms with Gasteiger partial charge in [-0.05, 0) is 36.6 Å². The van der Waals surface area contributed by atoms with Crippen molar-refractivity contribution in [1.82, 2.24) is 15.0 Å². The number of halogens is 2. The molecule has 0 saturated carbocycles. The predicted octanol–water partition coefficient (Wildman–Crippen LogP) is 3.59. The van der Waals surface area contributed by atoms with Crippen molar-refractivity contribution in [3.05, 3.63) is 34.9 Å². The Morgan fingerprint density at radius 3 is 2.85 bits per heavy atom. The van der Waals surface area contributed by atoms with Gasteiger partial charge in [-0.15, -0.1) is 0 Å². The Hall–Kier alpha value is -1.95. The molecule has 0 fully saturated rings. The number of aromatic nitrogens is 3. The average molecular weight is 297 g/mol. The van der Waals surface area contributed by atoms with E-state index in [9.17, 15) is 4.39 Å². The number of benzene rings is 1. The van der Waals surface area contributed by atoms with Crippen molar-refractivity contribution in [3.63, 3.8) is 0 Å². The average Bonchev–Trinajstić information content (AvgIpc) is 2.40. The largest absolute Gasteiger partial charge is 0.424 e. The molecule has 0 radical (unpaired) electrons. The minimum Gasteiger partial charge on any atom is -0.424 e. The SMILES string of the molecule is CCCNc1nc(Cl)nc(Oc2cc(F)ccc2C)n1. The summed E-state index contributed by atoms with van der Waals surface area (Å²) in [4.78, 5) is 11.9. The van der Waals surface area contributed by atoms with Crippen LogP contribution < -0.4 is 10.1 Å². The van der Waals surface area contributed by atoms with Gasteiger partial charge in [0.2, 0.25) is 11.2 Å². The Labute approximate surface area is 121 Å². The molecule has 0 unspecified atom stereocenters. The maximum Gasteiger partial charge on any atom is 0.328 e. The lowest BCUT2D eigenvalue weighted by molar-refractivity contribution is 0.433. The minimum atomic E-state index is -0.393. The van der Waals surface area contributed by atoms with E-state index in [0.717, 1.165) is 12.0 Å². The first kappa shape index (κ1) is 14.5. The molecule has 0 atom stereocenters. The number of anilines is 1. The number of hydrogen-bond donors (Lipinski definition) is 1. The summed E-state index contributed by atoms with van der Waals surface area (Å²) in [6.45, 7) is 4.52. The van der Waals surface area contributed by atoms with Crippen molar-refractivity contribution in [1.29, 1.82) is 0 Å². The molecule has 2 rings (SSSR count). The summed E-state index contributed by atoms with van der Waals surface area (Å²) < 4.78 is 18.7. The van der Waals surface area contributed by atoms with Gasteiger partial charge >= 0.3 is 6.01 Å². The molecule has 0 saturated heterocycles. The van der Waals surface area contributed by atoms with Crippen LogP contribution in [0.4, 0.5) is 10.3 Å². The van der Waals surface area contributed by atoms with E-state index >= 15 is 0 Å². The van der Waals surface area contributed by atoms with Crippen LogP contribution in [0.3, 0.4) is 0 Å². The highest BCUT2D eigenvalue weighted by molar-refractivity contribution is 6.28. The monoisotopic (exact) mass is 296 g/mol. The molecular weight excluding hydrogens is 283 g/mol. The molecule has 1 heterocycles. The van der Waals surface area contributed by atoms with Crippen LogP contribution in [-0.4, -0.2) is 21.5 Å². The molecule has 0 aliphatic rings. The van der Waals surface area contributed by atoms with E-state index in [4.69, 9.17) is 16.3 Å². The first-order valence-corrected chi connectivity index (χ1v) is 6.55. The van der Waals surface area contributed by atoms with Crippen molar-refractivity contribution < 1.29 is 9.13 Å². The number of hydrogen-bond acceptors (Lipinski definition) is 5. The van der Waals surface area contributed by atoms with Crippen LogP contribution >= 0.6 is 11.6 Å². The topological polar surface area (TPSA) is 59.9 Å². The number of ether oxygens (including phenoxy) is 1. The zero-order valence-corrected chi connectivity index (χ0v) is 11.9. The second-order valence-electron chi connectivity index (χ2n) is 4.15. The zero-order valence-electron chi connectivity index (χ0n) is 11.2. The maximum atomic E-state index is 13.2. The summed E-state index contributed by atoms with van der Waals surface area (Å²) in [6.07, 6.45) is 0.919. The fourth-order valence-electron chi connectivity index (χ4n) is 1.48. The van der Waals surface area contributed by atoms with Crippen LogP contribution in [-0.2, 0) is 0 Å². The number of rotatable bonds is 5. The summed E-state index contributed by atoms with van der Waals surface area (Å²) >= 11 is 5.81. The van der Waals surface area contributed by atoms with E-state index in [0.29, 0.717) is 18.2 Å². The second-order valence-corrected chi connectivity index (χ2v) is 4.49. The van der Waals surface area contributed by atoms with Gasteiger partial charge in [0, 0.05) is 12.6 Å². The Morgan fingerprint density at radius 2 is 2.10 bits per heavy atom. The molecule has 20 heavy (non-hydrogen) atoms. The molecule has 0 spiro atoms. The number of aryl methyl sites for hydroxylation is 1. The Morgan fingerprint density at radius 1 is 1.30 bits per heavy atom. The van der Waals surface area contributed by atoms with Gasteiger partial charge in [0.1, 0.15) is 11.6 Å². The highest BCUT2D eigenvalue weighted by Crippen LogP contribution is 2.24. The summed E-state index contributed by atoms with van der Waals surface area (Å²) in [7, 11) is 0. The van der Waals surface area contributed by atoms with E-state index in [1.54, 1.807) is 13.0 Å². The van der Waals surface area contributed by atoms with E-state index in [-0.39, 0.29) is 11.3 Å². The molecule has 0 amide bonds. The third kappa shape index (κ3) is 3.77. The lowest BCUT2D eigenvalue weighted by Crippen LogP contribution is -2.06. The Kier molecular flexibility index (Phi) is 4.68. The van der Waals surface area contributed by atoms with Crippen LogP contribution in [0.1, 0.15) is 18.9 Å². The summed E-state index contributed by atoms with van der Waals surface area (Å²) in [5.74, 6) is 0.277. The van der Waals surface area contributed by atoms with Crippen LogP contribution in [0, 0.1) is 12.7 Å². The minimum absolute atomic E-state index is 0.0164. The Balaban J connectivity index is 2.24. The first-order chi connectivity index (χ1) is 9.58. The number of nitrogens with zero attached hydrogens (tertiary/aromatic N) is 3. The van der Waals surface area contributed by atoms with Crippen LogP contribution in [0.2, 0.25) is 5.28 Å². The van der Waals surface area contributed by atoms with Gasteiger partial charge in [-0.2, -0.15) is 15.0 Å². The standard InChI is InChI=1S/C13H14ClFN4O/c1-3-6-16-12-17-11(14)18-13(19-12)20-10-7-9(15)5-4-8(10)2/h4-5,7H,3,6H2,1-2H3,(H,16,17,18,19). The third-order valence-corrected chi connectivity index (χ3v) is 2.64. The molecule has 106 valence electrons. The molecular formula is C13H14ClFN4O. The lowest BCUT2D eigenvalue weighted by atomic mass is 10.2. The van der Waals surface area contributed by atoms with E-state index in [2.05, 4.69) is 20.3 Å². The zero-order chi connectivity index (χ0) is 14.5. The first-order valence-electron chi connectivity index (χ1n) is 6.18. The van der Waals surface area contributed by atoms with Crippen molar-refractivity contribution in [3.8, 4) is 11.8 Å². The summed E-state index contributed by atoms with van der Waals surface area (Å²) in [6, 6.07) is 4.27.